The van der Waals surface area contributed by atoms with Gasteiger partial charge in [-0.25, -0.2) is 4.39 Å². The molecule has 1 aliphatic heterocycles. The van der Waals surface area contributed by atoms with E-state index in [0.717, 1.165) is 23.0 Å². The topological polar surface area (TPSA) is 12.0 Å². The summed E-state index contributed by atoms with van der Waals surface area (Å²) >= 11 is 7.59. The molecular formula is C16H23BrFNS2. The highest BCUT2D eigenvalue weighted by Gasteiger charge is 2.32. The van der Waals surface area contributed by atoms with Gasteiger partial charge in [-0.1, -0.05) is 29.8 Å². The molecule has 1 fully saturated rings. The van der Waals surface area contributed by atoms with Crippen LogP contribution in [0.2, 0.25) is 0 Å². The lowest BCUT2D eigenvalue weighted by Gasteiger charge is -2.36. The van der Waals surface area contributed by atoms with E-state index in [9.17, 15) is 4.39 Å². The maximum absolute atomic E-state index is 14.1. The molecule has 0 aliphatic carbocycles. The third kappa shape index (κ3) is 4.88. The van der Waals surface area contributed by atoms with Crippen molar-refractivity contribution < 1.29 is 4.39 Å². The zero-order valence-electron chi connectivity index (χ0n) is 12.6. The van der Waals surface area contributed by atoms with E-state index >= 15 is 0 Å². The molecule has 1 heterocycles. The van der Waals surface area contributed by atoms with E-state index in [-0.39, 0.29) is 5.82 Å². The van der Waals surface area contributed by atoms with E-state index in [4.69, 9.17) is 0 Å². The Bertz CT molecular complexity index is 458. The molecule has 1 aromatic rings. The maximum atomic E-state index is 14.1. The Kier molecular flexibility index (Phi) is 7.39. The number of thioether (sulfide) groups is 2. The number of likely N-dealkylation sites (N-methyl/N-ethyl adjacent to an activating group) is 1. The molecule has 0 saturated carbocycles. The first-order chi connectivity index (χ1) is 10.2. The van der Waals surface area contributed by atoms with Crippen molar-refractivity contribution in [3.8, 4) is 0 Å². The van der Waals surface area contributed by atoms with Gasteiger partial charge in [0.05, 0.1) is 0 Å². The quantitative estimate of drug-likeness (QED) is 0.751. The maximum Gasteiger partial charge on any atom is 0.126 e. The van der Waals surface area contributed by atoms with Crippen molar-refractivity contribution in [2.45, 2.75) is 43.2 Å². The van der Waals surface area contributed by atoms with Crippen LogP contribution < -0.4 is 5.32 Å². The minimum Gasteiger partial charge on any atom is -0.313 e. The number of benzene rings is 1. The molecule has 1 aromatic carbocycles. The molecule has 1 saturated heterocycles. The summed E-state index contributed by atoms with van der Waals surface area (Å²) in [5, 5.41) is 4.83. The molecule has 3 unspecified atom stereocenters. The highest BCUT2D eigenvalue weighted by molar-refractivity contribution is 9.10. The summed E-state index contributed by atoms with van der Waals surface area (Å²) in [6, 6.07) is 5.58. The van der Waals surface area contributed by atoms with Gasteiger partial charge >= 0.3 is 0 Å². The third-order valence-corrected chi connectivity index (χ3v) is 7.71. The zero-order valence-corrected chi connectivity index (χ0v) is 15.8. The Balaban J connectivity index is 2.15. The summed E-state index contributed by atoms with van der Waals surface area (Å²) in [5.74, 6) is 2.35. The van der Waals surface area contributed by atoms with E-state index in [1.807, 2.05) is 6.07 Å². The van der Waals surface area contributed by atoms with Crippen LogP contribution >= 0.6 is 39.5 Å². The first-order valence-electron chi connectivity index (χ1n) is 7.56. The molecule has 0 bridgehead atoms. The second-order valence-electron chi connectivity index (χ2n) is 5.26. The van der Waals surface area contributed by atoms with Crippen molar-refractivity contribution in [3.63, 3.8) is 0 Å². The summed E-state index contributed by atoms with van der Waals surface area (Å²) < 4.78 is 15.0. The Labute approximate surface area is 144 Å². The van der Waals surface area contributed by atoms with E-state index in [1.54, 1.807) is 12.1 Å². The van der Waals surface area contributed by atoms with Gasteiger partial charge < -0.3 is 5.32 Å². The second kappa shape index (κ2) is 8.80. The molecule has 0 radical (unpaired) electrons. The first-order valence-corrected chi connectivity index (χ1v) is 10.4. The zero-order chi connectivity index (χ0) is 15.2. The highest BCUT2D eigenvalue weighted by atomic mass is 79.9. The number of nitrogens with one attached hydrogen (secondary N) is 1. The Morgan fingerprint density at radius 2 is 2.10 bits per heavy atom. The fourth-order valence-corrected chi connectivity index (χ4v) is 6.49. The van der Waals surface area contributed by atoms with Crippen molar-refractivity contribution >= 4 is 39.5 Å². The number of rotatable bonds is 6. The lowest BCUT2D eigenvalue weighted by atomic mass is 9.99. The van der Waals surface area contributed by atoms with Gasteiger partial charge in [-0.3, -0.25) is 0 Å². The van der Waals surface area contributed by atoms with Gasteiger partial charge in [-0.05, 0) is 43.1 Å². The summed E-state index contributed by atoms with van der Waals surface area (Å²) in [5.41, 5.74) is 0.807. The van der Waals surface area contributed by atoms with Crippen LogP contribution in [0.4, 0.5) is 4.39 Å². The van der Waals surface area contributed by atoms with E-state index in [0.29, 0.717) is 16.5 Å². The molecule has 118 valence electrons. The monoisotopic (exact) mass is 391 g/mol. The molecule has 5 heteroatoms. The van der Waals surface area contributed by atoms with Crippen LogP contribution in [0.25, 0.3) is 0 Å². The van der Waals surface area contributed by atoms with E-state index in [2.05, 4.69) is 58.6 Å². The lowest BCUT2D eigenvalue weighted by Crippen LogP contribution is -2.46. The number of halogens is 2. The summed E-state index contributed by atoms with van der Waals surface area (Å²) in [6.07, 6.45) is 1.94. The highest BCUT2D eigenvalue weighted by Crippen LogP contribution is 2.36. The lowest BCUT2D eigenvalue weighted by molar-refractivity contribution is 0.479. The third-order valence-electron chi connectivity index (χ3n) is 3.80. The molecular weight excluding hydrogens is 369 g/mol. The fraction of sp³-hybridized carbons (Fsp3) is 0.625. The van der Waals surface area contributed by atoms with E-state index in [1.165, 1.54) is 17.9 Å². The smallest absolute Gasteiger partial charge is 0.126 e. The van der Waals surface area contributed by atoms with Gasteiger partial charge in [0.2, 0.25) is 0 Å². The largest absolute Gasteiger partial charge is 0.313 e. The minimum atomic E-state index is -0.0948. The molecule has 21 heavy (non-hydrogen) atoms. The standard InChI is InChI=1S/C16H23BrFNS2/c1-3-15-16(21-8-7-20-15)14(19-4-2)10-11-9-12(17)5-6-13(11)18/h5-6,9,14-16,19H,3-4,7-8,10H2,1-2H3. The van der Waals surface area contributed by atoms with Crippen LogP contribution in [-0.2, 0) is 6.42 Å². The molecule has 0 spiro atoms. The van der Waals surface area contributed by atoms with Crippen LogP contribution in [0.15, 0.2) is 22.7 Å². The molecule has 0 amide bonds. The van der Waals surface area contributed by atoms with Crippen molar-refractivity contribution in [2.75, 3.05) is 18.1 Å². The number of hydrogen-bond donors (Lipinski definition) is 1. The molecule has 1 nitrogen and oxygen atoms in total. The first kappa shape index (κ1) is 17.6. The Morgan fingerprint density at radius 1 is 1.33 bits per heavy atom. The predicted octanol–water partition coefficient (Wildman–Crippen LogP) is 4.74. The van der Waals surface area contributed by atoms with Crippen LogP contribution in [0.3, 0.4) is 0 Å². The summed E-state index contributed by atoms with van der Waals surface area (Å²) in [6.45, 7) is 5.32. The van der Waals surface area contributed by atoms with Crippen LogP contribution in [-0.4, -0.2) is 34.6 Å². The molecule has 3 atom stereocenters. The SMILES string of the molecule is CCNC(Cc1cc(Br)ccc1F)C1SCCSC1CC. The van der Waals surface area contributed by atoms with Crippen molar-refractivity contribution in [1.29, 1.82) is 0 Å². The normalized spacial score (nSPS) is 24.0. The van der Waals surface area contributed by atoms with Crippen LogP contribution in [0.1, 0.15) is 25.8 Å². The number of hydrogen-bond acceptors (Lipinski definition) is 3. The molecule has 0 aromatic heterocycles. The van der Waals surface area contributed by atoms with Gasteiger partial charge in [0.15, 0.2) is 0 Å². The van der Waals surface area contributed by atoms with Crippen LogP contribution in [0.5, 0.6) is 0 Å². The average molecular weight is 392 g/mol. The van der Waals surface area contributed by atoms with E-state index < -0.39 is 0 Å². The average Bonchev–Trinajstić information content (AvgIpc) is 2.50. The van der Waals surface area contributed by atoms with Crippen molar-refractivity contribution in [2.24, 2.45) is 0 Å². The van der Waals surface area contributed by atoms with Crippen molar-refractivity contribution in [3.05, 3.63) is 34.1 Å². The predicted molar refractivity (Wildman–Crippen MR) is 98.1 cm³/mol. The Hall–Kier alpha value is 0.290. The van der Waals surface area contributed by atoms with Gasteiger partial charge in [-0.15, -0.1) is 0 Å². The van der Waals surface area contributed by atoms with Crippen molar-refractivity contribution in [1.82, 2.24) is 5.32 Å². The summed E-state index contributed by atoms with van der Waals surface area (Å²) in [7, 11) is 0. The minimum absolute atomic E-state index is 0.0948. The Morgan fingerprint density at radius 3 is 2.81 bits per heavy atom. The van der Waals surface area contributed by atoms with Gasteiger partial charge in [0.25, 0.3) is 0 Å². The van der Waals surface area contributed by atoms with Crippen LogP contribution in [0, 0.1) is 5.82 Å². The summed E-state index contributed by atoms with van der Waals surface area (Å²) in [4.78, 5) is 0. The molecule has 2 rings (SSSR count). The fourth-order valence-electron chi connectivity index (χ4n) is 2.81. The molecule has 1 aliphatic rings. The second-order valence-corrected chi connectivity index (χ2v) is 8.81. The van der Waals surface area contributed by atoms with Gasteiger partial charge in [0.1, 0.15) is 5.82 Å². The molecule has 1 N–H and O–H groups in total. The van der Waals surface area contributed by atoms with Gasteiger partial charge in [-0.2, -0.15) is 23.5 Å². The van der Waals surface area contributed by atoms with Gasteiger partial charge in [0, 0.05) is 32.5 Å².